The summed E-state index contributed by atoms with van der Waals surface area (Å²) < 4.78 is 0. The van der Waals surface area contributed by atoms with Gasteiger partial charge >= 0.3 is 0 Å². The Labute approximate surface area is 137 Å². The lowest BCUT2D eigenvalue weighted by atomic mass is 10.00. The number of rotatable bonds is 5. The van der Waals surface area contributed by atoms with Gasteiger partial charge in [-0.1, -0.05) is 30.3 Å². The number of aromatic nitrogens is 1. The summed E-state index contributed by atoms with van der Waals surface area (Å²) in [6.45, 7) is 5.71. The van der Waals surface area contributed by atoms with E-state index in [1.807, 2.05) is 19.1 Å². The fraction of sp³-hybridized carbons (Fsp3) is 0.368. The number of nitrogens with one attached hydrogen (secondary N) is 1. The molecular weight excluding hydrogens is 286 g/mol. The largest absolute Gasteiger partial charge is 0.351 e. The van der Waals surface area contributed by atoms with Crippen LogP contribution in [0.1, 0.15) is 33.7 Å². The van der Waals surface area contributed by atoms with Crippen LogP contribution in [0.4, 0.5) is 0 Å². The minimum atomic E-state index is -0.0855. The van der Waals surface area contributed by atoms with Gasteiger partial charge in [-0.05, 0) is 43.0 Å². The van der Waals surface area contributed by atoms with Crippen LogP contribution in [0.15, 0.2) is 42.5 Å². The van der Waals surface area contributed by atoms with Crippen molar-refractivity contribution in [3.05, 3.63) is 65.0 Å². The molecule has 0 bridgehead atoms. The number of pyridine rings is 1. The van der Waals surface area contributed by atoms with Crippen molar-refractivity contribution in [3.63, 3.8) is 0 Å². The zero-order chi connectivity index (χ0) is 16.1. The molecule has 0 unspecified atom stereocenters. The van der Waals surface area contributed by atoms with Gasteiger partial charge in [0.15, 0.2) is 0 Å². The Morgan fingerprint density at radius 3 is 2.83 bits per heavy atom. The Hall–Kier alpha value is -2.20. The topological polar surface area (TPSA) is 45.2 Å². The van der Waals surface area contributed by atoms with E-state index in [4.69, 9.17) is 0 Å². The van der Waals surface area contributed by atoms with Crippen molar-refractivity contribution in [2.45, 2.75) is 26.3 Å². The molecule has 3 rings (SSSR count). The van der Waals surface area contributed by atoms with Crippen LogP contribution in [0.2, 0.25) is 0 Å². The SMILES string of the molecule is Cc1cccc(C(=O)NCCCN2CCc3ccccc3C2)n1. The van der Waals surface area contributed by atoms with Gasteiger partial charge in [0.1, 0.15) is 5.69 Å². The van der Waals surface area contributed by atoms with E-state index in [1.165, 1.54) is 11.1 Å². The number of aryl methyl sites for hydroxylation is 1. The maximum Gasteiger partial charge on any atom is 0.269 e. The molecule has 0 spiro atoms. The van der Waals surface area contributed by atoms with Gasteiger partial charge < -0.3 is 5.32 Å². The van der Waals surface area contributed by atoms with Crippen LogP contribution in [0.3, 0.4) is 0 Å². The van der Waals surface area contributed by atoms with Crippen molar-refractivity contribution in [2.75, 3.05) is 19.6 Å². The molecule has 1 N–H and O–H groups in total. The number of benzene rings is 1. The fourth-order valence-electron chi connectivity index (χ4n) is 3.01. The summed E-state index contributed by atoms with van der Waals surface area (Å²) in [5.74, 6) is -0.0855. The molecule has 1 aromatic heterocycles. The Kier molecular flexibility index (Phi) is 5.03. The van der Waals surface area contributed by atoms with Crippen LogP contribution in [0.25, 0.3) is 0 Å². The van der Waals surface area contributed by atoms with Crippen LogP contribution < -0.4 is 5.32 Å². The average Bonchev–Trinajstić information content (AvgIpc) is 2.58. The van der Waals surface area contributed by atoms with Crippen LogP contribution >= 0.6 is 0 Å². The molecule has 0 saturated carbocycles. The Bertz CT molecular complexity index is 684. The first kappa shape index (κ1) is 15.7. The van der Waals surface area contributed by atoms with E-state index in [1.54, 1.807) is 6.07 Å². The van der Waals surface area contributed by atoms with E-state index in [-0.39, 0.29) is 5.91 Å². The number of nitrogens with zero attached hydrogens (tertiary/aromatic N) is 2. The van der Waals surface area contributed by atoms with Gasteiger partial charge in [0.05, 0.1) is 0 Å². The van der Waals surface area contributed by atoms with Crippen LogP contribution in [-0.2, 0) is 13.0 Å². The third kappa shape index (κ3) is 4.17. The monoisotopic (exact) mass is 309 g/mol. The van der Waals surface area contributed by atoms with Crippen molar-refractivity contribution in [1.29, 1.82) is 0 Å². The minimum Gasteiger partial charge on any atom is -0.351 e. The molecule has 1 aliphatic rings. The molecule has 2 heterocycles. The van der Waals surface area contributed by atoms with Crippen LogP contribution in [0, 0.1) is 6.92 Å². The molecule has 0 saturated heterocycles. The standard InChI is InChI=1S/C19H23N3O/c1-15-6-4-9-18(21-15)19(23)20-11-5-12-22-13-10-16-7-2-3-8-17(16)14-22/h2-4,6-9H,5,10-14H2,1H3,(H,20,23). The third-order valence-corrected chi connectivity index (χ3v) is 4.27. The van der Waals surface area contributed by atoms with Gasteiger partial charge in [0.2, 0.25) is 0 Å². The van der Waals surface area contributed by atoms with Gasteiger partial charge in [0.25, 0.3) is 5.91 Å². The summed E-state index contributed by atoms with van der Waals surface area (Å²) in [6, 6.07) is 14.2. The highest BCUT2D eigenvalue weighted by molar-refractivity contribution is 5.92. The molecule has 0 aliphatic carbocycles. The minimum absolute atomic E-state index is 0.0855. The average molecular weight is 309 g/mol. The zero-order valence-electron chi connectivity index (χ0n) is 13.6. The van der Waals surface area contributed by atoms with Crippen molar-refractivity contribution in [3.8, 4) is 0 Å². The van der Waals surface area contributed by atoms with Crippen molar-refractivity contribution < 1.29 is 4.79 Å². The quantitative estimate of drug-likeness (QED) is 0.864. The number of hydrogen-bond acceptors (Lipinski definition) is 3. The Morgan fingerprint density at radius 1 is 1.17 bits per heavy atom. The summed E-state index contributed by atoms with van der Waals surface area (Å²) in [4.78, 5) is 18.7. The number of carbonyl (C=O) groups excluding carboxylic acids is 1. The fourth-order valence-corrected chi connectivity index (χ4v) is 3.01. The van der Waals surface area contributed by atoms with Gasteiger partial charge in [0, 0.05) is 31.9 Å². The number of carbonyl (C=O) groups is 1. The summed E-state index contributed by atoms with van der Waals surface area (Å²) in [6.07, 6.45) is 2.08. The van der Waals surface area contributed by atoms with Crippen molar-refractivity contribution in [2.24, 2.45) is 0 Å². The van der Waals surface area contributed by atoms with Gasteiger partial charge in [-0.3, -0.25) is 9.69 Å². The van der Waals surface area contributed by atoms with Crippen LogP contribution in [-0.4, -0.2) is 35.4 Å². The second kappa shape index (κ2) is 7.38. The molecule has 1 aliphatic heterocycles. The molecule has 4 heteroatoms. The Balaban J connectivity index is 1.41. The molecule has 2 aromatic rings. The van der Waals surface area contributed by atoms with Gasteiger partial charge in [-0.15, -0.1) is 0 Å². The number of fused-ring (bicyclic) bond motifs is 1. The van der Waals surface area contributed by atoms with E-state index in [2.05, 4.69) is 39.5 Å². The number of hydrogen-bond donors (Lipinski definition) is 1. The lowest BCUT2D eigenvalue weighted by molar-refractivity contribution is 0.0946. The van der Waals surface area contributed by atoms with E-state index in [9.17, 15) is 4.79 Å². The Morgan fingerprint density at radius 2 is 2.00 bits per heavy atom. The molecule has 23 heavy (non-hydrogen) atoms. The second-order valence-electron chi connectivity index (χ2n) is 6.07. The number of amides is 1. The van der Waals surface area contributed by atoms with Gasteiger partial charge in [-0.25, -0.2) is 4.98 Å². The van der Waals surface area contributed by atoms with Gasteiger partial charge in [-0.2, -0.15) is 0 Å². The normalized spacial score (nSPS) is 14.3. The smallest absolute Gasteiger partial charge is 0.269 e. The van der Waals surface area contributed by atoms with E-state index >= 15 is 0 Å². The summed E-state index contributed by atoms with van der Waals surface area (Å²) in [5, 5.41) is 2.96. The maximum atomic E-state index is 12.0. The first-order chi connectivity index (χ1) is 11.2. The molecule has 0 fully saturated rings. The van der Waals surface area contributed by atoms with Crippen molar-refractivity contribution in [1.82, 2.24) is 15.2 Å². The third-order valence-electron chi connectivity index (χ3n) is 4.27. The molecule has 1 amide bonds. The first-order valence-corrected chi connectivity index (χ1v) is 8.23. The lowest BCUT2D eigenvalue weighted by Gasteiger charge is -2.28. The predicted molar refractivity (Wildman–Crippen MR) is 91.3 cm³/mol. The molecule has 1 aromatic carbocycles. The maximum absolute atomic E-state index is 12.0. The molecule has 0 radical (unpaired) electrons. The first-order valence-electron chi connectivity index (χ1n) is 8.23. The second-order valence-corrected chi connectivity index (χ2v) is 6.07. The van der Waals surface area contributed by atoms with E-state index in [0.29, 0.717) is 12.2 Å². The van der Waals surface area contributed by atoms with E-state index in [0.717, 1.165) is 38.2 Å². The van der Waals surface area contributed by atoms with Crippen molar-refractivity contribution >= 4 is 5.91 Å². The highest BCUT2D eigenvalue weighted by Crippen LogP contribution is 2.18. The highest BCUT2D eigenvalue weighted by atomic mass is 16.1. The molecule has 0 atom stereocenters. The molecule has 4 nitrogen and oxygen atoms in total. The highest BCUT2D eigenvalue weighted by Gasteiger charge is 2.15. The predicted octanol–water partition coefficient (Wildman–Crippen LogP) is 2.57. The van der Waals surface area contributed by atoms with Crippen LogP contribution in [0.5, 0.6) is 0 Å². The van der Waals surface area contributed by atoms with E-state index < -0.39 is 0 Å². The molecule has 120 valence electrons. The lowest BCUT2D eigenvalue weighted by Crippen LogP contribution is -2.33. The molecular formula is C19H23N3O. The zero-order valence-corrected chi connectivity index (χ0v) is 13.6. The summed E-state index contributed by atoms with van der Waals surface area (Å²) in [7, 11) is 0. The summed E-state index contributed by atoms with van der Waals surface area (Å²) in [5.41, 5.74) is 4.27. The summed E-state index contributed by atoms with van der Waals surface area (Å²) >= 11 is 0.